The molecular formula is C124H156N10O2+4. The highest BCUT2D eigenvalue weighted by atomic mass is 16.5. The Morgan fingerprint density at radius 2 is 0.816 bits per heavy atom. The van der Waals surface area contributed by atoms with Crippen molar-refractivity contribution >= 4 is 54.9 Å². The molecule has 3 aliphatic rings. The molecule has 0 saturated heterocycles. The summed E-state index contributed by atoms with van der Waals surface area (Å²) in [5.74, 6) is 4.73. The van der Waals surface area contributed by atoms with Gasteiger partial charge in [-0.2, -0.15) is 8.80 Å². The first-order valence-electron chi connectivity index (χ1n) is 54.1. The van der Waals surface area contributed by atoms with E-state index in [1.54, 1.807) is 20.3 Å². The number of aromatic nitrogens is 10. The van der Waals surface area contributed by atoms with Crippen molar-refractivity contribution in [2.24, 2.45) is 51.9 Å². The van der Waals surface area contributed by atoms with Crippen LogP contribution in [0.3, 0.4) is 0 Å². The average Bonchev–Trinajstić information content (AvgIpc) is 1.52. The van der Waals surface area contributed by atoms with Gasteiger partial charge in [-0.25, -0.2) is 9.13 Å². The summed E-state index contributed by atoms with van der Waals surface area (Å²) in [5.41, 5.74) is 34.7. The van der Waals surface area contributed by atoms with E-state index < -0.39 is 42.2 Å². The van der Waals surface area contributed by atoms with Crippen LogP contribution in [0, 0.1) is 79.0 Å². The maximum Gasteiger partial charge on any atom is 0.297 e. The Morgan fingerprint density at radius 3 is 1.25 bits per heavy atom. The van der Waals surface area contributed by atoms with E-state index in [1.807, 2.05) is 72.3 Å². The third-order valence-corrected chi connectivity index (χ3v) is 31.9. The van der Waals surface area contributed by atoms with Crippen LogP contribution < -0.4 is 28.0 Å². The molecular weight excluding hydrogens is 1660 g/mol. The van der Waals surface area contributed by atoms with Crippen LogP contribution in [-0.4, -0.2) is 42.4 Å². The zero-order valence-corrected chi connectivity index (χ0v) is 88.2. The maximum atomic E-state index is 9.20. The van der Waals surface area contributed by atoms with Gasteiger partial charge in [-0.1, -0.05) is 263 Å². The second kappa shape index (κ2) is 35.5. The van der Waals surface area contributed by atoms with Crippen LogP contribution in [0.2, 0.25) is 0 Å². The summed E-state index contributed by atoms with van der Waals surface area (Å²) < 4.78 is 110. The van der Waals surface area contributed by atoms with E-state index in [0.717, 1.165) is 154 Å². The van der Waals surface area contributed by atoms with E-state index >= 15 is 0 Å². The first kappa shape index (κ1) is 86.1. The lowest BCUT2D eigenvalue weighted by molar-refractivity contribution is -0.745. The zero-order chi connectivity index (χ0) is 106. The molecule has 12 heteroatoms. The summed E-state index contributed by atoms with van der Waals surface area (Å²) in [6.07, 6.45) is 14.3. The maximum absolute atomic E-state index is 9.20. The van der Waals surface area contributed by atoms with Gasteiger partial charge in [-0.15, -0.1) is 18.7 Å². The van der Waals surface area contributed by atoms with E-state index in [9.17, 15) is 8.22 Å². The van der Waals surface area contributed by atoms with Gasteiger partial charge in [-0.3, -0.25) is 9.97 Å². The molecule has 0 bridgehead atoms. The lowest BCUT2D eigenvalue weighted by Crippen LogP contribution is -2.51. The number of nitrogens with zero attached hydrogens (tertiary/aromatic N) is 10. The number of pyridine rings is 4. The Hall–Kier alpha value is -11.5. The van der Waals surface area contributed by atoms with Crippen molar-refractivity contribution in [1.82, 2.24) is 28.1 Å². The van der Waals surface area contributed by atoms with Gasteiger partial charge in [-0.05, 0) is 242 Å². The van der Waals surface area contributed by atoms with E-state index in [4.69, 9.17) is 23.6 Å². The Balaban J connectivity index is 0.000000143. The normalized spacial score (nSPS) is 17.8. The minimum absolute atomic E-state index is 0.0236. The second-order valence-corrected chi connectivity index (χ2v) is 45.0. The topological polar surface area (TPSA) is 78.4 Å². The number of aryl methyl sites for hydroxylation is 10. The molecule has 2 unspecified atom stereocenters. The fourth-order valence-electron chi connectivity index (χ4n) is 23.2. The summed E-state index contributed by atoms with van der Waals surface area (Å²) in [6, 6.07) is 49.6. The molecule has 2 atom stereocenters. The fraction of sp³-hybridized carbons (Fsp3) is 0.435. The Kier molecular flexibility index (Phi) is 22.5. The SMILES string of the molecule is COc1ccc2c(c1C)-n1c(c(-c3ccccc3)c[n+]1C)C(C)(C)C2(C)C.COc1cccc(-n2cc(-c3c(C(C)C)cccc3C(C)C)c[n+]2C)c1C.[2H]C([2H])([2H])C1(C)c2c(-c3cc(CC(C)C)cc(CC(C)C)c3)[n+](C)c3c4c(C)c(C)cnc4c4c(C)ccc(c4n23)C1(C)C.[2H]C([2H])([2H])c1ccc2c3c1c1ncc(C)c(C)c1c1n3c(c(-c3cc(CC(C)C)cc(CC(C)C)c3)[n+]1C)C(C)(C([2H])([2H])[2H])C2(C)C. The monoisotopic (exact) mass is 1830 g/mol. The van der Waals surface area contributed by atoms with Crippen LogP contribution >= 0.6 is 0 Å². The highest BCUT2D eigenvalue weighted by Crippen LogP contribution is 2.58. The van der Waals surface area contributed by atoms with Gasteiger partial charge < -0.3 is 9.47 Å². The highest BCUT2D eigenvalue weighted by Gasteiger charge is 2.57. The molecule has 11 heterocycles. The predicted molar refractivity (Wildman–Crippen MR) is 570 cm³/mol. The Labute approximate surface area is 825 Å². The van der Waals surface area contributed by atoms with Crippen LogP contribution in [0.1, 0.15) is 302 Å². The second-order valence-electron chi connectivity index (χ2n) is 45.0. The number of ether oxygens (including phenoxy) is 2. The molecule has 0 aliphatic carbocycles. The van der Waals surface area contributed by atoms with Crippen molar-refractivity contribution in [3.05, 3.63) is 282 Å². The molecule has 0 radical (unpaired) electrons. The number of hydrogen-bond acceptors (Lipinski definition) is 4. The Morgan fingerprint density at radius 1 is 0.390 bits per heavy atom. The molecule has 3 aliphatic heterocycles. The van der Waals surface area contributed by atoms with E-state index in [2.05, 4.69) is 358 Å². The molecule has 136 heavy (non-hydrogen) atoms. The lowest BCUT2D eigenvalue weighted by Gasteiger charge is -2.46. The van der Waals surface area contributed by atoms with Gasteiger partial charge in [0, 0.05) is 90.6 Å². The standard InChI is InChI=1S/2C38H48N3.C24H29N2O.C24H31N2O/c2*1-21(2)15-26-17-27(16-22(3)4)19-28(18-26)33-35-38(10,11)37(8,9)29-14-13-23(5)30-32-31(25(7)24(6)20-39-32)36(40(33)12)41(35)34(29)30;1-16-20(27-7)14-13-19-21(16)26-22(24(4,5)23(19,2)3)18(15-25(26)6)17-11-9-8-10-12-17;1-16(2)20-10-8-11-21(17(3)4)24(20)19-14-25(6)26(15-19)22-12-9-13-23(27-7)18(22)5/h2*13-14,17-22H,15-16H2,1-12H3;8-15H,1-7H3;8-17H,1-7H3/q4*+1/i5D3,10D3;10D3;;. The third kappa shape index (κ3) is 15.6. The van der Waals surface area contributed by atoms with Crippen LogP contribution in [-0.2, 0) is 86.4 Å². The predicted octanol–water partition coefficient (Wildman–Crippen LogP) is 28.4. The molecule has 0 amide bonds. The van der Waals surface area contributed by atoms with E-state index in [1.165, 1.54) is 83.7 Å². The van der Waals surface area contributed by atoms with E-state index in [0.29, 0.717) is 52.1 Å². The lowest BCUT2D eigenvalue weighted by atomic mass is 9.59. The summed E-state index contributed by atoms with van der Waals surface area (Å²) in [5, 5.41) is 3.64. The first-order chi connectivity index (χ1) is 67.6. The van der Waals surface area contributed by atoms with Crippen molar-refractivity contribution in [3.63, 3.8) is 0 Å². The number of fused-ring (bicyclic) bond motifs is 9. The van der Waals surface area contributed by atoms with Gasteiger partial charge in [0.1, 0.15) is 39.6 Å². The Bertz CT molecular complexity index is 7770. The molecule has 0 N–H and O–H groups in total. The quantitative estimate of drug-likeness (QED) is 0.0672. The van der Waals surface area contributed by atoms with Crippen LogP contribution in [0.15, 0.2) is 171 Å². The molecule has 0 spiro atoms. The minimum Gasteiger partial charge on any atom is -0.496 e. The summed E-state index contributed by atoms with van der Waals surface area (Å²) in [4.78, 5) is 10.0. The molecule has 0 fully saturated rings. The zero-order valence-electron chi connectivity index (χ0n) is 97.2. The summed E-state index contributed by atoms with van der Waals surface area (Å²) >= 11 is 0. The molecule has 8 aromatic carbocycles. The fourth-order valence-corrected chi connectivity index (χ4v) is 23.2. The first-order valence-corrected chi connectivity index (χ1v) is 49.6. The van der Waals surface area contributed by atoms with E-state index in [-0.39, 0.29) is 16.4 Å². The van der Waals surface area contributed by atoms with Crippen LogP contribution in [0.25, 0.3) is 111 Å². The number of methoxy groups -OCH3 is 2. The highest BCUT2D eigenvalue weighted by molar-refractivity contribution is 6.15. The van der Waals surface area contributed by atoms with Gasteiger partial charge in [0.25, 0.3) is 11.3 Å². The molecule has 19 rings (SSSR count). The molecule has 16 aromatic rings. The van der Waals surface area contributed by atoms with Crippen LogP contribution in [0.5, 0.6) is 11.5 Å². The molecule has 12 nitrogen and oxygen atoms in total. The average molecular weight is 1830 g/mol. The van der Waals surface area contributed by atoms with Crippen molar-refractivity contribution in [2.75, 3.05) is 14.2 Å². The summed E-state index contributed by atoms with van der Waals surface area (Å²) in [7, 11) is 11.9. The largest absolute Gasteiger partial charge is 0.496 e. The van der Waals surface area contributed by atoms with Crippen molar-refractivity contribution < 1.29 is 40.3 Å². The summed E-state index contributed by atoms with van der Waals surface area (Å²) in [6.45, 7) is 56.4. The van der Waals surface area contributed by atoms with Crippen molar-refractivity contribution in [1.29, 1.82) is 0 Å². The van der Waals surface area contributed by atoms with Crippen molar-refractivity contribution in [2.45, 2.75) is 291 Å². The van der Waals surface area contributed by atoms with Crippen LogP contribution in [0.4, 0.5) is 0 Å². The van der Waals surface area contributed by atoms with Gasteiger partial charge >= 0.3 is 0 Å². The third-order valence-electron chi connectivity index (χ3n) is 31.9. The molecule has 0 saturated carbocycles. The van der Waals surface area contributed by atoms with Gasteiger partial charge in [0.05, 0.1) is 78.2 Å². The number of hydrogen-bond donors (Lipinski definition) is 0. The number of imidazole rings is 2. The number of benzene rings is 8. The minimum atomic E-state index is -2.40. The van der Waals surface area contributed by atoms with Gasteiger partial charge in [0.15, 0.2) is 36.9 Å². The van der Waals surface area contributed by atoms with Gasteiger partial charge in [0.2, 0.25) is 12.4 Å². The molecule has 8 aromatic heterocycles. The molecule has 710 valence electrons. The number of rotatable bonds is 17. The van der Waals surface area contributed by atoms with Crippen molar-refractivity contribution in [3.8, 4) is 67.6 Å². The smallest absolute Gasteiger partial charge is 0.297 e.